The first kappa shape index (κ1) is 22.9. The van der Waals surface area contributed by atoms with E-state index in [1.165, 1.54) is 48.5 Å². The molecule has 0 saturated carbocycles. The second-order valence-corrected chi connectivity index (χ2v) is 8.44. The van der Waals surface area contributed by atoms with Gasteiger partial charge in [-0.2, -0.15) is 0 Å². The van der Waals surface area contributed by atoms with Crippen LogP contribution < -0.4 is 15.6 Å². The largest absolute Gasteiger partial charge is 0.269 e. The second kappa shape index (κ2) is 10.5. The molecule has 0 unspecified atom stereocenters. The molecule has 0 radical (unpaired) electrons. The molecular weight excluding hydrogens is 433 g/mol. The molecule has 3 N–H and O–H groups in total. The van der Waals surface area contributed by atoms with E-state index in [-0.39, 0.29) is 17.0 Å². The van der Waals surface area contributed by atoms with Gasteiger partial charge in [-0.05, 0) is 47.5 Å². The Morgan fingerprint density at radius 2 is 1.62 bits per heavy atom. The van der Waals surface area contributed by atoms with Gasteiger partial charge in [-0.3, -0.25) is 20.4 Å². The maximum atomic E-state index is 13.1. The van der Waals surface area contributed by atoms with Crippen molar-refractivity contribution in [1.82, 2.24) is 15.6 Å². The maximum Gasteiger partial charge on any atom is 0.269 e. The molecular formula is C23H20FN3O4S. The lowest BCUT2D eigenvalue weighted by Crippen LogP contribution is -2.40. The van der Waals surface area contributed by atoms with E-state index in [1.54, 1.807) is 30.3 Å². The van der Waals surface area contributed by atoms with Crippen LogP contribution in [0.25, 0.3) is 6.08 Å². The summed E-state index contributed by atoms with van der Waals surface area (Å²) >= 11 is 0. The number of sulfonamides is 1. The minimum Gasteiger partial charge on any atom is -0.268 e. The molecule has 3 aromatic carbocycles. The van der Waals surface area contributed by atoms with E-state index >= 15 is 0 Å². The smallest absolute Gasteiger partial charge is 0.268 e. The van der Waals surface area contributed by atoms with Gasteiger partial charge in [0.25, 0.3) is 11.8 Å². The molecule has 3 rings (SSSR count). The molecule has 0 atom stereocenters. The predicted molar refractivity (Wildman–Crippen MR) is 118 cm³/mol. The normalized spacial score (nSPS) is 11.3. The van der Waals surface area contributed by atoms with Crippen LogP contribution in [0.3, 0.4) is 0 Å². The Morgan fingerprint density at radius 3 is 2.38 bits per heavy atom. The van der Waals surface area contributed by atoms with E-state index in [0.29, 0.717) is 5.56 Å². The highest BCUT2D eigenvalue weighted by atomic mass is 32.2. The SMILES string of the molecule is O=C(/C=C/c1cccc(F)c1)NNC(=O)c1cccc(S(=O)(=O)NCc2ccccc2)c1. The summed E-state index contributed by atoms with van der Waals surface area (Å²) in [6, 6.07) is 20.1. The summed E-state index contributed by atoms with van der Waals surface area (Å²) in [6.45, 7) is 0.104. The van der Waals surface area contributed by atoms with Gasteiger partial charge in [-0.15, -0.1) is 0 Å². The molecule has 0 aliphatic carbocycles. The molecule has 0 saturated heterocycles. The number of rotatable bonds is 7. The van der Waals surface area contributed by atoms with E-state index < -0.39 is 27.7 Å². The second-order valence-electron chi connectivity index (χ2n) is 6.67. The molecule has 164 valence electrons. The standard InChI is InChI=1S/C23H20FN3O4S/c24-20-10-4-8-17(14-20)12-13-22(28)26-27-23(29)19-9-5-11-21(15-19)32(30,31)25-16-18-6-2-1-3-7-18/h1-15,25H,16H2,(H,26,28)(H,27,29)/b13-12+. The summed E-state index contributed by atoms with van der Waals surface area (Å²) in [5.74, 6) is -1.78. The van der Waals surface area contributed by atoms with Gasteiger partial charge in [0.1, 0.15) is 5.82 Å². The van der Waals surface area contributed by atoms with Crippen molar-refractivity contribution >= 4 is 27.9 Å². The van der Waals surface area contributed by atoms with Crippen LogP contribution in [-0.2, 0) is 21.4 Å². The summed E-state index contributed by atoms with van der Waals surface area (Å²) in [7, 11) is -3.85. The lowest BCUT2D eigenvalue weighted by molar-refractivity contribution is -0.117. The summed E-state index contributed by atoms with van der Waals surface area (Å²) in [6.07, 6.45) is 2.51. The molecule has 7 nitrogen and oxygen atoms in total. The third kappa shape index (κ3) is 6.59. The Balaban J connectivity index is 1.59. The topological polar surface area (TPSA) is 104 Å². The number of carbonyl (C=O) groups is 2. The maximum absolute atomic E-state index is 13.1. The van der Waals surface area contributed by atoms with Crippen LogP contribution in [-0.4, -0.2) is 20.2 Å². The van der Waals surface area contributed by atoms with Gasteiger partial charge in [-0.1, -0.05) is 48.5 Å². The molecule has 9 heteroatoms. The molecule has 2 amide bonds. The average molecular weight is 453 g/mol. The monoisotopic (exact) mass is 453 g/mol. The Hall–Kier alpha value is -3.82. The molecule has 0 aliphatic rings. The van der Waals surface area contributed by atoms with Crippen molar-refractivity contribution in [3.63, 3.8) is 0 Å². The van der Waals surface area contributed by atoms with E-state index in [4.69, 9.17) is 0 Å². The highest BCUT2D eigenvalue weighted by molar-refractivity contribution is 7.89. The van der Waals surface area contributed by atoms with Crippen LogP contribution in [0.5, 0.6) is 0 Å². The number of carbonyl (C=O) groups excluding carboxylic acids is 2. The number of amides is 2. The summed E-state index contributed by atoms with van der Waals surface area (Å²) < 4.78 is 40.7. The molecule has 0 aliphatic heterocycles. The minimum absolute atomic E-state index is 0.0435. The first-order chi connectivity index (χ1) is 15.3. The van der Waals surface area contributed by atoms with E-state index in [2.05, 4.69) is 15.6 Å². The van der Waals surface area contributed by atoms with Crippen LogP contribution in [0.4, 0.5) is 4.39 Å². The first-order valence-corrected chi connectivity index (χ1v) is 11.0. The van der Waals surface area contributed by atoms with Gasteiger partial charge in [0.2, 0.25) is 10.0 Å². The van der Waals surface area contributed by atoms with Crippen molar-refractivity contribution in [2.24, 2.45) is 0 Å². The van der Waals surface area contributed by atoms with Crippen molar-refractivity contribution in [2.75, 3.05) is 0 Å². The van der Waals surface area contributed by atoms with Gasteiger partial charge < -0.3 is 0 Å². The Morgan fingerprint density at radius 1 is 0.875 bits per heavy atom. The fraction of sp³-hybridized carbons (Fsp3) is 0.0435. The molecule has 0 bridgehead atoms. The average Bonchev–Trinajstić information content (AvgIpc) is 2.81. The van der Waals surface area contributed by atoms with Crippen molar-refractivity contribution in [2.45, 2.75) is 11.4 Å². The number of benzene rings is 3. The first-order valence-electron chi connectivity index (χ1n) is 9.51. The van der Waals surface area contributed by atoms with Crippen LogP contribution >= 0.6 is 0 Å². The third-order valence-corrected chi connectivity index (χ3v) is 5.69. The zero-order valence-electron chi connectivity index (χ0n) is 16.8. The number of hydrogen-bond donors (Lipinski definition) is 3. The Kier molecular flexibility index (Phi) is 7.48. The number of halogens is 1. The van der Waals surface area contributed by atoms with Gasteiger partial charge in [0.15, 0.2) is 0 Å². The molecule has 0 heterocycles. The number of nitrogens with one attached hydrogen (secondary N) is 3. The fourth-order valence-corrected chi connectivity index (χ4v) is 3.74. The van der Waals surface area contributed by atoms with Gasteiger partial charge >= 0.3 is 0 Å². The van der Waals surface area contributed by atoms with Crippen LogP contribution in [0.2, 0.25) is 0 Å². The zero-order valence-corrected chi connectivity index (χ0v) is 17.6. The van der Waals surface area contributed by atoms with Crippen molar-refractivity contribution in [3.05, 3.63) is 107 Å². The summed E-state index contributed by atoms with van der Waals surface area (Å²) in [5.41, 5.74) is 5.70. The highest BCUT2D eigenvalue weighted by Crippen LogP contribution is 2.12. The molecule has 32 heavy (non-hydrogen) atoms. The molecule has 0 fully saturated rings. The number of hydrogen-bond acceptors (Lipinski definition) is 4. The van der Waals surface area contributed by atoms with Gasteiger partial charge in [0, 0.05) is 18.2 Å². The Labute approximate surface area is 185 Å². The fourth-order valence-electron chi connectivity index (χ4n) is 2.68. The lowest BCUT2D eigenvalue weighted by atomic mass is 10.2. The van der Waals surface area contributed by atoms with Crippen LogP contribution in [0, 0.1) is 5.82 Å². The summed E-state index contributed by atoms with van der Waals surface area (Å²) in [5, 5.41) is 0. The van der Waals surface area contributed by atoms with Crippen molar-refractivity contribution < 1.29 is 22.4 Å². The van der Waals surface area contributed by atoms with Crippen LogP contribution in [0.15, 0.2) is 89.8 Å². The lowest BCUT2D eigenvalue weighted by Gasteiger charge is -2.09. The Bertz CT molecular complexity index is 1240. The third-order valence-electron chi connectivity index (χ3n) is 4.29. The predicted octanol–water partition coefficient (Wildman–Crippen LogP) is 2.78. The molecule has 0 aromatic heterocycles. The van der Waals surface area contributed by atoms with Crippen molar-refractivity contribution in [1.29, 1.82) is 0 Å². The highest BCUT2D eigenvalue weighted by Gasteiger charge is 2.16. The van der Waals surface area contributed by atoms with Crippen LogP contribution in [0.1, 0.15) is 21.5 Å². The summed E-state index contributed by atoms with van der Waals surface area (Å²) in [4.78, 5) is 24.1. The van der Waals surface area contributed by atoms with Gasteiger partial charge in [-0.25, -0.2) is 17.5 Å². The molecule has 3 aromatic rings. The van der Waals surface area contributed by atoms with E-state index in [1.807, 2.05) is 6.07 Å². The van der Waals surface area contributed by atoms with E-state index in [9.17, 15) is 22.4 Å². The molecule has 0 spiro atoms. The van der Waals surface area contributed by atoms with Crippen molar-refractivity contribution in [3.8, 4) is 0 Å². The van der Waals surface area contributed by atoms with Gasteiger partial charge in [0.05, 0.1) is 4.90 Å². The quantitative estimate of drug-likeness (QED) is 0.378. The number of hydrazine groups is 1. The minimum atomic E-state index is -3.85. The van der Waals surface area contributed by atoms with E-state index in [0.717, 1.165) is 11.6 Å². The zero-order chi connectivity index (χ0) is 23.0.